The summed E-state index contributed by atoms with van der Waals surface area (Å²) >= 11 is 0. The molecule has 4 aliphatic carbocycles. The number of fused-ring (bicyclic) bond motifs is 2. The predicted molar refractivity (Wildman–Crippen MR) is 140 cm³/mol. The zero-order valence-corrected chi connectivity index (χ0v) is 20.6. The van der Waals surface area contributed by atoms with Crippen LogP contribution in [0.4, 0.5) is 11.5 Å². The van der Waals surface area contributed by atoms with E-state index in [-0.39, 0.29) is 18.1 Å². The van der Waals surface area contributed by atoms with E-state index in [1.165, 1.54) is 44.1 Å². The molecule has 0 radical (unpaired) electrons. The van der Waals surface area contributed by atoms with Gasteiger partial charge in [0.2, 0.25) is 12.7 Å². The lowest BCUT2D eigenvalue weighted by molar-refractivity contribution is -0.124. The molecule has 6 heteroatoms. The van der Waals surface area contributed by atoms with Crippen LogP contribution in [0.25, 0.3) is 10.9 Å². The summed E-state index contributed by atoms with van der Waals surface area (Å²) < 4.78 is 10.9. The van der Waals surface area contributed by atoms with Crippen molar-refractivity contribution in [2.24, 2.45) is 23.2 Å². The van der Waals surface area contributed by atoms with Gasteiger partial charge in [-0.15, -0.1) is 0 Å². The molecule has 2 heterocycles. The van der Waals surface area contributed by atoms with Crippen LogP contribution >= 0.6 is 0 Å². The number of carbonyl (C=O) groups is 1. The molecule has 4 saturated carbocycles. The van der Waals surface area contributed by atoms with E-state index in [4.69, 9.17) is 14.5 Å². The number of nitrogens with one attached hydrogen (secondary N) is 2. The van der Waals surface area contributed by atoms with E-state index < -0.39 is 0 Å². The van der Waals surface area contributed by atoms with Crippen molar-refractivity contribution in [3.05, 3.63) is 54.1 Å². The highest BCUT2D eigenvalue weighted by molar-refractivity contribution is 6.02. The van der Waals surface area contributed by atoms with Gasteiger partial charge in [-0.3, -0.25) is 4.79 Å². The molecule has 2 aromatic carbocycles. The van der Waals surface area contributed by atoms with Gasteiger partial charge in [0.15, 0.2) is 11.5 Å². The maximum Gasteiger partial charge on any atom is 0.231 e. The molecule has 8 rings (SSSR count). The molecule has 3 aromatic rings. The van der Waals surface area contributed by atoms with Gasteiger partial charge in [0.1, 0.15) is 5.82 Å². The average Bonchev–Trinajstić information content (AvgIpc) is 3.31. The number of benzene rings is 2. The van der Waals surface area contributed by atoms with Crippen molar-refractivity contribution in [3.63, 3.8) is 0 Å². The minimum Gasteiger partial charge on any atom is -0.454 e. The van der Waals surface area contributed by atoms with Crippen LogP contribution in [-0.2, 0) is 11.2 Å². The van der Waals surface area contributed by atoms with Crippen LogP contribution in [0.3, 0.4) is 0 Å². The van der Waals surface area contributed by atoms with Gasteiger partial charge in [0.25, 0.3) is 0 Å². The number of rotatable bonds is 7. The Morgan fingerprint density at radius 1 is 0.944 bits per heavy atom. The summed E-state index contributed by atoms with van der Waals surface area (Å²) in [5, 5.41) is 7.73. The van der Waals surface area contributed by atoms with Gasteiger partial charge in [-0.05, 0) is 91.9 Å². The van der Waals surface area contributed by atoms with Crippen LogP contribution in [0.2, 0.25) is 0 Å². The van der Waals surface area contributed by atoms with Crippen molar-refractivity contribution in [1.82, 2.24) is 4.98 Å². The number of amides is 1. The Morgan fingerprint density at radius 2 is 1.69 bits per heavy atom. The maximum absolute atomic E-state index is 13.4. The van der Waals surface area contributed by atoms with Crippen molar-refractivity contribution in [2.45, 2.75) is 51.4 Å². The second kappa shape index (κ2) is 8.68. The Kier molecular flexibility index (Phi) is 5.30. The Balaban J connectivity index is 1.06. The van der Waals surface area contributed by atoms with Gasteiger partial charge in [0.05, 0.1) is 11.2 Å². The first-order valence-corrected chi connectivity index (χ1v) is 13.4. The first-order chi connectivity index (χ1) is 17.6. The summed E-state index contributed by atoms with van der Waals surface area (Å²) in [7, 11) is 0. The van der Waals surface area contributed by atoms with Crippen LogP contribution in [0.15, 0.2) is 48.5 Å². The topological polar surface area (TPSA) is 72.5 Å². The number of pyridine rings is 1. The largest absolute Gasteiger partial charge is 0.454 e. The van der Waals surface area contributed by atoms with E-state index >= 15 is 0 Å². The SMILES string of the molecule is O=C(CC12CC3CC(CC(C3)C1)C2)Nc1cc(NCCc2ccc3c(c2)OCO3)nc2ccccc12. The standard InChI is InChI=1S/C30H33N3O3/c34-29(17-30-14-20-9-21(15-30)11-22(10-20)16-30)33-25-13-28(32-24-4-2-1-3-23(24)25)31-8-7-19-5-6-26-27(12-19)36-18-35-26/h1-6,12-13,20-22H,7-11,14-18H2,(H2,31,32,33,34). The summed E-state index contributed by atoms with van der Waals surface area (Å²) in [6.07, 6.45) is 9.42. The van der Waals surface area contributed by atoms with E-state index in [0.717, 1.165) is 64.6 Å². The molecule has 4 fully saturated rings. The molecular formula is C30H33N3O3. The summed E-state index contributed by atoms with van der Waals surface area (Å²) in [5.41, 5.74) is 3.14. The van der Waals surface area contributed by atoms with Crippen LogP contribution < -0.4 is 20.1 Å². The molecule has 186 valence electrons. The van der Waals surface area contributed by atoms with E-state index in [1.807, 2.05) is 42.5 Å². The van der Waals surface area contributed by atoms with Crippen LogP contribution in [-0.4, -0.2) is 24.2 Å². The van der Waals surface area contributed by atoms with Crippen LogP contribution in [0.1, 0.15) is 50.5 Å². The fourth-order valence-electron chi connectivity index (χ4n) is 7.84. The number of para-hydroxylation sites is 1. The maximum atomic E-state index is 13.4. The van der Waals surface area contributed by atoms with Gasteiger partial charge in [-0.1, -0.05) is 24.3 Å². The second-order valence-electron chi connectivity index (χ2n) is 11.6. The van der Waals surface area contributed by atoms with Crippen molar-refractivity contribution in [1.29, 1.82) is 0 Å². The zero-order valence-electron chi connectivity index (χ0n) is 20.6. The molecule has 6 nitrogen and oxygen atoms in total. The monoisotopic (exact) mass is 483 g/mol. The quantitative estimate of drug-likeness (QED) is 0.421. The molecule has 1 aliphatic heterocycles. The average molecular weight is 484 g/mol. The molecule has 5 aliphatic rings. The highest BCUT2D eigenvalue weighted by atomic mass is 16.7. The number of anilines is 2. The third-order valence-electron chi connectivity index (χ3n) is 8.85. The Labute approximate surface area is 211 Å². The minimum atomic E-state index is 0.152. The summed E-state index contributed by atoms with van der Waals surface area (Å²) in [6.45, 7) is 1.01. The number of hydrogen-bond donors (Lipinski definition) is 2. The molecule has 4 bridgehead atoms. The molecule has 36 heavy (non-hydrogen) atoms. The highest BCUT2D eigenvalue weighted by Gasteiger charge is 2.51. The van der Waals surface area contributed by atoms with E-state index in [1.54, 1.807) is 0 Å². The van der Waals surface area contributed by atoms with Crippen molar-refractivity contribution < 1.29 is 14.3 Å². The molecule has 0 atom stereocenters. The number of nitrogens with zero attached hydrogens (tertiary/aromatic N) is 1. The van der Waals surface area contributed by atoms with Crippen LogP contribution in [0.5, 0.6) is 11.5 Å². The fourth-order valence-corrected chi connectivity index (χ4v) is 7.84. The zero-order chi connectivity index (χ0) is 24.1. The minimum absolute atomic E-state index is 0.152. The first kappa shape index (κ1) is 22.0. The molecule has 1 amide bonds. The van der Waals surface area contributed by atoms with Crippen molar-refractivity contribution in [3.8, 4) is 11.5 Å². The lowest BCUT2D eigenvalue weighted by Gasteiger charge is -2.56. The van der Waals surface area contributed by atoms with E-state index in [0.29, 0.717) is 6.42 Å². The van der Waals surface area contributed by atoms with Gasteiger partial charge >= 0.3 is 0 Å². The van der Waals surface area contributed by atoms with E-state index in [2.05, 4.69) is 16.7 Å². The number of carbonyl (C=O) groups excluding carboxylic acids is 1. The lowest BCUT2D eigenvalue weighted by Crippen LogP contribution is -2.47. The number of aromatic nitrogens is 1. The van der Waals surface area contributed by atoms with Crippen molar-refractivity contribution in [2.75, 3.05) is 24.0 Å². The Bertz CT molecular complexity index is 1280. The molecule has 0 saturated heterocycles. The number of ether oxygens (including phenoxy) is 2. The summed E-state index contributed by atoms with van der Waals surface area (Å²) in [6, 6.07) is 16.1. The molecular weight excluding hydrogens is 450 g/mol. The van der Waals surface area contributed by atoms with Crippen LogP contribution in [0, 0.1) is 23.2 Å². The highest BCUT2D eigenvalue weighted by Crippen LogP contribution is 2.61. The number of hydrogen-bond acceptors (Lipinski definition) is 5. The predicted octanol–water partition coefficient (Wildman–Crippen LogP) is 6.16. The third-order valence-corrected chi connectivity index (χ3v) is 8.85. The summed E-state index contributed by atoms with van der Waals surface area (Å²) in [5.74, 6) is 5.10. The lowest BCUT2D eigenvalue weighted by atomic mass is 9.49. The first-order valence-electron chi connectivity index (χ1n) is 13.4. The third kappa shape index (κ3) is 4.16. The van der Waals surface area contributed by atoms with Gasteiger partial charge in [-0.25, -0.2) is 4.98 Å². The molecule has 1 aromatic heterocycles. The fraction of sp³-hybridized carbons (Fsp3) is 0.467. The van der Waals surface area contributed by atoms with Crippen molar-refractivity contribution >= 4 is 28.3 Å². The molecule has 0 unspecified atom stereocenters. The Hall–Kier alpha value is -3.28. The van der Waals surface area contributed by atoms with Gasteiger partial charge in [-0.2, -0.15) is 0 Å². The summed E-state index contributed by atoms with van der Waals surface area (Å²) in [4.78, 5) is 18.2. The normalized spacial score (nSPS) is 27.4. The smallest absolute Gasteiger partial charge is 0.231 e. The van der Waals surface area contributed by atoms with E-state index in [9.17, 15) is 4.79 Å². The molecule has 2 N–H and O–H groups in total. The molecule has 0 spiro atoms. The van der Waals surface area contributed by atoms with Gasteiger partial charge < -0.3 is 20.1 Å². The van der Waals surface area contributed by atoms with Gasteiger partial charge in [0, 0.05) is 24.4 Å². The second-order valence-corrected chi connectivity index (χ2v) is 11.6. The Morgan fingerprint density at radius 3 is 2.50 bits per heavy atom.